The minimum absolute atomic E-state index is 0.0199. The van der Waals surface area contributed by atoms with Crippen LogP contribution in [0.25, 0.3) is 0 Å². The van der Waals surface area contributed by atoms with Gasteiger partial charge in [0.1, 0.15) is 0 Å². The molecule has 116 valence electrons. The highest BCUT2D eigenvalue weighted by Gasteiger charge is 2.07. The number of benzene rings is 1. The van der Waals surface area contributed by atoms with Gasteiger partial charge in [-0.05, 0) is 51.8 Å². The van der Waals surface area contributed by atoms with Crippen LogP contribution in [0.15, 0.2) is 29.8 Å². The van der Waals surface area contributed by atoms with E-state index in [0.29, 0.717) is 19.8 Å². The minimum atomic E-state index is -0.0199. The summed E-state index contributed by atoms with van der Waals surface area (Å²) in [5.74, 6) is 1.50. The number of carbonyl (C=O) groups is 1. The summed E-state index contributed by atoms with van der Waals surface area (Å²) < 4.78 is 11.1. The molecular formula is C17H25NO3. The molecule has 1 N–H and O–H groups in total. The predicted molar refractivity (Wildman–Crippen MR) is 84.9 cm³/mol. The van der Waals surface area contributed by atoms with E-state index in [-0.39, 0.29) is 5.91 Å². The summed E-state index contributed by atoms with van der Waals surface area (Å²) >= 11 is 0. The predicted octanol–water partition coefficient (Wildman–Crippen LogP) is 3.11. The van der Waals surface area contributed by atoms with Crippen LogP contribution < -0.4 is 14.8 Å². The van der Waals surface area contributed by atoms with Crippen molar-refractivity contribution in [3.05, 3.63) is 35.4 Å². The lowest BCUT2D eigenvalue weighted by Gasteiger charge is -2.12. The lowest BCUT2D eigenvalue weighted by atomic mass is 10.1. The van der Waals surface area contributed by atoms with E-state index >= 15 is 0 Å². The van der Waals surface area contributed by atoms with Gasteiger partial charge < -0.3 is 14.8 Å². The van der Waals surface area contributed by atoms with Gasteiger partial charge >= 0.3 is 0 Å². The molecule has 0 saturated carbocycles. The van der Waals surface area contributed by atoms with Crippen LogP contribution >= 0.6 is 0 Å². The van der Waals surface area contributed by atoms with E-state index in [4.69, 9.17) is 9.47 Å². The standard InChI is InChI=1S/C17H25NO3/c1-5-13(4)17(19)18-11-10-14-8-9-15(20-6-2)16(12-14)21-7-3/h5,8-9,12H,6-7,10-11H2,1-4H3,(H,18,19). The second kappa shape index (κ2) is 9.06. The number of nitrogens with one attached hydrogen (secondary N) is 1. The van der Waals surface area contributed by atoms with Gasteiger partial charge in [-0.3, -0.25) is 4.79 Å². The van der Waals surface area contributed by atoms with Gasteiger partial charge in [0.2, 0.25) is 5.91 Å². The summed E-state index contributed by atoms with van der Waals surface area (Å²) in [5.41, 5.74) is 1.84. The molecule has 0 aliphatic carbocycles. The number of hydrogen-bond acceptors (Lipinski definition) is 3. The molecule has 1 rings (SSSR count). The van der Waals surface area contributed by atoms with E-state index in [0.717, 1.165) is 29.1 Å². The quantitative estimate of drug-likeness (QED) is 0.749. The van der Waals surface area contributed by atoms with Crippen LogP contribution in [0.4, 0.5) is 0 Å². The molecule has 1 aromatic rings. The number of hydrogen-bond donors (Lipinski definition) is 1. The van der Waals surface area contributed by atoms with Gasteiger partial charge in [0.15, 0.2) is 11.5 Å². The fraction of sp³-hybridized carbons (Fsp3) is 0.471. The molecule has 0 atom stereocenters. The molecule has 21 heavy (non-hydrogen) atoms. The Morgan fingerprint density at radius 1 is 1.19 bits per heavy atom. The maximum absolute atomic E-state index is 11.6. The molecule has 0 fully saturated rings. The van der Waals surface area contributed by atoms with E-state index in [1.807, 2.05) is 39.0 Å². The van der Waals surface area contributed by atoms with Crippen LogP contribution in [0.1, 0.15) is 33.3 Å². The smallest absolute Gasteiger partial charge is 0.246 e. The zero-order valence-corrected chi connectivity index (χ0v) is 13.4. The van der Waals surface area contributed by atoms with Gasteiger partial charge in [-0.15, -0.1) is 0 Å². The van der Waals surface area contributed by atoms with Crippen molar-refractivity contribution in [2.24, 2.45) is 0 Å². The van der Waals surface area contributed by atoms with E-state index in [9.17, 15) is 4.79 Å². The van der Waals surface area contributed by atoms with Gasteiger partial charge in [0.25, 0.3) is 0 Å². The van der Waals surface area contributed by atoms with Crippen molar-refractivity contribution < 1.29 is 14.3 Å². The van der Waals surface area contributed by atoms with Crippen LogP contribution in [0.2, 0.25) is 0 Å². The monoisotopic (exact) mass is 291 g/mol. The lowest BCUT2D eigenvalue weighted by Crippen LogP contribution is -2.26. The van der Waals surface area contributed by atoms with Crippen molar-refractivity contribution in [1.82, 2.24) is 5.32 Å². The summed E-state index contributed by atoms with van der Waals surface area (Å²) in [7, 11) is 0. The zero-order chi connectivity index (χ0) is 15.7. The number of allylic oxidation sites excluding steroid dienone is 1. The molecular weight excluding hydrogens is 266 g/mol. The Bertz CT molecular complexity index is 495. The Kier molecular flexibility index (Phi) is 7.37. The fourth-order valence-corrected chi connectivity index (χ4v) is 1.84. The number of carbonyl (C=O) groups excluding carboxylic acids is 1. The molecule has 4 heteroatoms. The van der Waals surface area contributed by atoms with Gasteiger partial charge in [-0.2, -0.15) is 0 Å². The highest BCUT2D eigenvalue weighted by Crippen LogP contribution is 2.28. The van der Waals surface area contributed by atoms with Crippen molar-refractivity contribution in [3.63, 3.8) is 0 Å². The van der Waals surface area contributed by atoms with Crippen molar-refractivity contribution in [2.45, 2.75) is 34.1 Å². The zero-order valence-electron chi connectivity index (χ0n) is 13.4. The topological polar surface area (TPSA) is 47.6 Å². The van der Waals surface area contributed by atoms with Gasteiger partial charge in [-0.25, -0.2) is 0 Å². The minimum Gasteiger partial charge on any atom is -0.490 e. The van der Waals surface area contributed by atoms with Crippen LogP contribution in [0, 0.1) is 0 Å². The fourth-order valence-electron chi connectivity index (χ4n) is 1.84. The third-order valence-corrected chi connectivity index (χ3v) is 3.10. The largest absolute Gasteiger partial charge is 0.490 e. The maximum Gasteiger partial charge on any atom is 0.246 e. The second-order valence-corrected chi connectivity index (χ2v) is 4.62. The molecule has 0 heterocycles. The van der Waals surface area contributed by atoms with Crippen LogP contribution in [0.5, 0.6) is 11.5 Å². The number of rotatable bonds is 8. The van der Waals surface area contributed by atoms with Crippen LogP contribution in [0.3, 0.4) is 0 Å². The molecule has 0 saturated heterocycles. The maximum atomic E-state index is 11.6. The van der Waals surface area contributed by atoms with E-state index in [1.54, 1.807) is 13.0 Å². The molecule has 0 aliphatic rings. The number of ether oxygens (including phenoxy) is 2. The molecule has 0 spiro atoms. The van der Waals surface area contributed by atoms with Crippen molar-refractivity contribution in [1.29, 1.82) is 0 Å². The molecule has 4 nitrogen and oxygen atoms in total. The molecule has 0 aliphatic heterocycles. The molecule has 0 bridgehead atoms. The second-order valence-electron chi connectivity index (χ2n) is 4.62. The van der Waals surface area contributed by atoms with E-state index < -0.39 is 0 Å². The Hall–Kier alpha value is -1.97. The Morgan fingerprint density at radius 3 is 2.48 bits per heavy atom. The first-order valence-corrected chi connectivity index (χ1v) is 7.42. The normalized spacial score (nSPS) is 11.1. The first kappa shape index (κ1) is 17.1. The van der Waals surface area contributed by atoms with E-state index in [2.05, 4.69) is 5.32 Å². The first-order valence-electron chi connectivity index (χ1n) is 7.42. The molecule has 0 aromatic heterocycles. The lowest BCUT2D eigenvalue weighted by molar-refractivity contribution is -0.117. The molecule has 1 amide bonds. The number of amides is 1. The SMILES string of the molecule is CC=C(C)C(=O)NCCc1ccc(OCC)c(OCC)c1. The summed E-state index contributed by atoms with van der Waals surface area (Å²) in [6.07, 6.45) is 2.56. The van der Waals surface area contributed by atoms with Crippen molar-refractivity contribution in [2.75, 3.05) is 19.8 Å². The van der Waals surface area contributed by atoms with Crippen molar-refractivity contribution >= 4 is 5.91 Å². The van der Waals surface area contributed by atoms with E-state index in [1.165, 1.54) is 0 Å². The van der Waals surface area contributed by atoms with Gasteiger partial charge in [0.05, 0.1) is 13.2 Å². The first-order chi connectivity index (χ1) is 10.1. The molecule has 0 radical (unpaired) electrons. The molecule has 1 aromatic carbocycles. The molecule has 0 unspecified atom stereocenters. The summed E-state index contributed by atoms with van der Waals surface area (Å²) in [6.45, 7) is 9.36. The van der Waals surface area contributed by atoms with Crippen LogP contribution in [-0.4, -0.2) is 25.7 Å². The van der Waals surface area contributed by atoms with Gasteiger partial charge in [0, 0.05) is 12.1 Å². The average Bonchev–Trinajstić information content (AvgIpc) is 2.49. The van der Waals surface area contributed by atoms with Crippen LogP contribution in [-0.2, 0) is 11.2 Å². The highest BCUT2D eigenvalue weighted by atomic mass is 16.5. The summed E-state index contributed by atoms with van der Waals surface area (Å²) in [4.78, 5) is 11.6. The third kappa shape index (κ3) is 5.50. The Labute approximate surface area is 127 Å². The van der Waals surface area contributed by atoms with Gasteiger partial charge in [-0.1, -0.05) is 12.1 Å². The third-order valence-electron chi connectivity index (χ3n) is 3.10. The Balaban J connectivity index is 2.63. The highest BCUT2D eigenvalue weighted by molar-refractivity contribution is 5.92. The van der Waals surface area contributed by atoms with Crippen molar-refractivity contribution in [3.8, 4) is 11.5 Å². The summed E-state index contributed by atoms with van der Waals surface area (Å²) in [6, 6.07) is 5.90. The Morgan fingerprint density at radius 2 is 1.86 bits per heavy atom. The summed E-state index contributed by atoms with van der Waals surface area (Å²) in [5, 5.41) is 2.89. The average molecular weight is 291 g/mol.